The van der Waals surface area contributed by atoms with Gasteiger partial charge < -0.3 is 5.73 Å². The summed E-state index contributed by atoms with van der Waals surface area (Å²) in [5.74, 6) is 0. The lowest BCUT2D eigenvalue weighted by molar-refractivity contribution is 0.601. The molecule has 20 heavy (non-hydrogen) atoms. The number of sulfonamides is 1. The molecule has 2 aromatic carbocycles. The van der Waals surface area contributed by atoms with E-state index >= 15 is 0 Å². The monoisotopic (exact) mass is 350 g/mol. The van der Waals surface area contributed by atoms with Crippen molar-refractivity contribution in [3.8, 4) is 0 Å². The Morgan fingerprint density at radius 1 is 1.00 bits per heavy atom. The van der Waals surface area contributed by atoms with Crippen LogP contribution in [0.2, 0.25) is 15.1 Å². The van der Waals surface area contributed by atoms with Crippen LogP contribution in [0.4, 0.5) is 11.4 Å². The van der Waals surface area contributed by atoms with Gasteiger partial charge in [0.15, 0.2) is 0 Å². The number of rotatable bonds is 3. The summed E-state index contributed by atoms with van der Waals surface area (Å²) in [5, 5.41) is 0.601. The molecule has 0 saturated carbocycles. The Kier molecular flexibility index (Phi) is 4.34. The fourth-order valence-corrected chi connectivity index (χ4v) is 3.85. The van der Waals surface area contributed by atoms with E-state index in [4.69, 9.17) is 40.5 Å². The predicted molar refractivity (Wildman–Crippen MR) is 83.1 cm³/mol. The maximum absolute atomic E-state index is 12.3. The van der Waals surface area contributed by atoms with Crippen LogP contribution in [-0.2, 0) is 10.0 Å². The van der Waals surface area contributed by atoms with Crippen molar-refractivity contribution in [2.24, 2.45) is 0 Å². The summed E-state index contributed by atoms with van der Waals surface area (Å²) in [6, 6.07) is 8.85. The molecule has 0 bridgehead atoms. The molecule has 0 aromatic heterocycles. The largest absolute Gasteiger partial charge is 0.398 e. The second-order valence-electron chi connectivity index (χ2n) is 3.89. The second kappa shape index (κ2) is 5.69. The standard InChI is InChI=1S/C12H9Cl3N2O2S/c13-7-4-5-11(9(15)6-7)17-20(18,19)12-8(14)2-1-3-10(12)16/h1-6,17H,16H2. The molecule has 0 aliphatic carbocycles. The van der Waals surface area contributed by atoms with E-state index in [-0.39, 0.29) is 26.3 Å². The zero-order valence-electron chi connectivity index (χ0n) is 9.90. The highest BCUT2D eigenvalue weighted by molar-refractivity contribution is 7.93. The molecule has 0 saturated heterocycles. The third-order valence-electron chi connectivity index (χ3n) is 2.44. The molecule has 0 spiro atoms. The summed E-state index contributed by atoms with van der Waals surface area (Å²) in [7, 11) is -3.94. The first-order chi connectivity index (χ1) is 9.31. The maximum atomic E-state index is 12.3. The van der Waals surface area contributed by atoms with Gasteiger partial charge in [-0.15, -0.1) is 0 Å². The van der Waals surface area contributed by atoms with Crippen molar-refractivity contribution < 1.29 is 8.42 Å². The van der Waals surface area contributed by atoms with E-state index in [1.807, 2.05) is 0 Å². The molecule has 0 fully saturated rings. The SMILES string of the molecule is Nc1cccc(Cl)c1S(=O)(=O)Nc1ccc(Cl)cc1Cl. The zero-order valence-corrected chi connectivity index (χ0v) is 13.0. The summed E-state index contributed by atoms with van der Waals surface area (Å²) >= 11 is 17.6. The molecule has 8 heteroatoms. The Bertz CT molecular complexity index is 743. The first kappa shape index (κ1) is 15.3. The number of hydrogen-bond donors (Lipinski definition) is 2. The lowest BCUT2D eigenvalue weighted by Gasteiger charge is -2.12. The summed E-state index contributed by atoms with van der Waals surface area (Å²) in [4.78, 5) is -0.187. The quantitative estimate of drug-likeness (QED) is 0.820. The summed E-state index contributed by atoms with van der Waals surface area (Å²) in [6.45, 7) is 0. The first-order valence-corrected chi connectivity index (χ1v) is 7.95. The molecule has 0 atom stereocenters. The highest BCUT2D eigenvalue weighted by Crippen LogP contribution is 2.32. The molecule has 106 valence electrons. The van der Waals surface area contributed by atoms with Crippen LogP contribution < -0.4 is 10.5 Å². The molecule has 4 nitrogen and oxygen atoms in total. The van der Waals surface area contributed by atoms with Gasteiger partial charge >= 0.3 is 0 Å². The highest BCUT2D eigenvalue weighted by atomic mass is 35.5. The Morgan fingerprint density at radius 2 is 1.70 bits per heavy atom. The Balaban J connectivity index is 2.46. The minimum absolute atomic E-state index is 0.0302. The summed E-state index contributed by atoms with van der Waals surface area (Å²) < 4.78 is 27.0. The second-order valence-corrected chi connectivity index (χ2v) is 6.76. The molecular formula is C12H9Cl3N2O2S. The minimum atomic E-state index is -3.94. The van der Waals surface area contributed by atoms with E-state index in [0.29, 0.717) is 5.02 Å². The number of benzene rings is 2. The fraction of sp³-hybridized carbons (Fsp3) is 0. The summed E-state index contributed by atoms with van der Waals surface area (Å²) in [6.07, 6.45) is 0. The molecule has 0 heterocycles. The van der Waals surface area contributed by atoms with Crippen LogP contribution in [0.1, 0.15) is 0 Å². The highest BCUT2D eigenvalue weighted by Gasteiger charge is 2.22. The third kappa shape index (κ3) is 3.12. The van der Waals surface area contributed by atoms with Crippen molar-refractivity contribution in [3.63, 3.8) is 0 Å². The zero-order chi connectivity index (χ0) is 14.9. The first-order valence-electron chi connectivity index (χ1n) is 5.33. The maximum Gasteiger partial charge on any atom is 0.265 e. The molecule has 0 unspecified atom stereocenters. The van der Waals surface area contributed by atoms with Gasteiger partial charge in [0.05, 0.1) is 21.4 Å². The molecule has 2 rings (SSSR count). The molecule has 0 radical (unpaired) electrons. The van der Waals surface area contributed by atoms with Crippen LogP contribution in [0, 0.1) is 0 Å². The number of halogens is 3. The Hall–Kier alpha value is -1.14. The van der Waals surface area contributed by atoms with Crippen molar-refractivity contribution in [1.82, 2.24) is 0 Å². The molecule has 2 aromatic rings. The number of anilines is 2. The van der Waals surface area contributed by atoms with Crippen LogP contribution in [0.3, 0.4) is 0 Å². The molecule has 0 aliphatic rings. The van der Waals surface area contributed by atoms with Gasteiger partial charge in [-0.2, -0.15) is 0 Å². The van der Waals surface area contributed by atoms with Crippen LogP contribution in [0.25, 0.3) is 0 Å². The van der Waals surface area contributed by atoms with Crippen LogP contribution >= 0.6 is 34.8 Å². The number of nitrogen functional groups attached to an aromatic ring is 1. The summed E-state index contributed by atoms with van der Waals surface area (Å²) in [5.41, 5.74) is 5.91. The van der Waals surface area contributed by atoms with E-state index in [9.17, 15) is 8.42 Å². The lowest BCUT2D eigenvalue weighted by atomic mass is 10.3. The van der Waals surface area contributed by atoms with Crippen molar-refractivity contribution in [3.05, 3.63) is 51.5 Å². The van der Waals surface area contributed by atoms with Gasteiger partial charge in [-0.3, -0.25) is 4.72 Å². The van der Waals surface area contributed by atoms with Crippen molar-refractivity contribution in [2.75, 3.05) is 10.5 Å². The van der Waals surface area contributed by atoms with Crippen LogP contribution in [0.5, 0.6) is 0 Å². The molecular weight excluding hydrogens is 343 g/mol. The molecule has 3 N–H and O–H groups in total. The van der Waals surface area contributed by atoms with Gasteiger partial charge in [0.25, 0.3) is 10.0 Å². The average molecular weight is 352 g/mol. The van der Waals surface area contributed by atoms with Gasteiger partial charge in [0.1, 0.15) is 4.90 Å². The third-order valence-corrected chi connectivity index (χ3v) is 4.90. The number of nitrogens with one attached hydrogen (secondary N) is 1. The molecule has 0 aliphatic heterocycles. The fourth-order valence-electron chi connectivity index (χ4n) is 1.58. The van der Waals surface area contributed by atoms with Gasteiger partial charge in [-0.05, 0) is 30.3 Å². The molecule has 0 amide bonds. The Labute approximate surface area is 131 Å². The van der Waals surface area contributed by atoms with Crippen LogP contribution in [0.15, 0.2) is 41.3 Å². The van der Waals surface area contributed by atoms with E-state index in [0.717, 1.165) is 0 Å². The van der Waals surface area contributed by atoms with Crippen LogP contribution in [-0.4, -0.2) is 8.42 Å². The topological polar surface area (TPSA) is 72.2 Å². The normalized spacial score (nSPS) is 11.3. The predicted octanol–water partition coefficient (Wildman–Crippen LogP) is 4.03. The lowest BCUT2D eigenvalue weighted by Crippen LogP contribution is -2.15. The van der Waals surface area contributed by atoms with E-state index in [1.54, 1.807) is 6.07 Å². The van der Waals surface area contributed by atoms with Crippen molar-refractivity contribution >= 4 is 56.2 Å². The number of hydrogen-bond acceptors (Lipinski definition) is 3. The van der Waals surface area contributed by atoms with Gasteiger partial charge in [-0.1, -0.05) is 40.9 Å². The van der Waals surface area contributed by atoms with E-state index in [1.165, 1.54) is 30.3 Å². The van der Waals surface area contributed by atoms with Gasteiger partial charge in [0, 0.05) is 5.02 Å². The van der Waals surface area contributed by atoms with Crippen molar-refractivity contribution in [1.29, 1.82) is 0 Å². The van der Waals surface area contributed by atoms with E-state index in [2.05, 4.69) is 4.72 Å². The minimum Gasteiger partial charge on any atom is -0.398 e. The van der Waals surface area contributed by atoms with Gasteiger partial charge in [0.2, 0.25) is 0 Å². The van der Waals surface area contributed by atoms with Gasteiger partial charge in [-0.25, -0.2) is 8.42 Å². The Morgan fingerprint density at radius 3 is 2.30 bits per heavy atom. The van der Waals surface area contributed by atoms with Crippen molar-refractivity contribution in [2.45, 2.75) is 4.90 Å². The average Bonchev–Trinajstić information content (AvgIpc) is 2.32. The smallest absolute Gasteiger partial charge is 0.265 e. The van der Waals surface area contributed by atoms with E-state index < -0.39 is 10.0 Å². The number of nitrogens with two attached hydrogens (primary N) is 1.